The van der Waals surface area contributed by atoms with Gasteiger partial charge in [-0.3, -0.25) is 4.79 Å². The first-order valence-electron chi connectivity index (χ1n) is 8.12. The quantitative estimate of drug-likeness (QED) is 0.788. The number of rotatable bonds is 3. The third kappa shape index (κ3) is 2.33. The molecular formula is C20H19NO2. The zero-order chi connectivity index (χ0) is 15.8. The SMILES string of the molecule is O=C(O)C1CCCc2c1c1ccccc1n2Cc1ccccc1. The van der Waals surface area contributed by atoms with Crippen LogP contribution in [0.3, 0.4) is 0 Å². The average Bonchev–Trinajstić information content (AvgIpc) is 2.90. The van der Waals surface area contributed by atoms with E-state index >= 15 is 0 Å². The van der Waals surface area contributed by atoms with Crippen molar-refractivity contribution in [2.75, 3.05) is 0 Å². The lowest BCUT2D eigenvalue weighted by molar-refractivity contribution is -0.139. The lowest BCUT2D eigenvalue weighted by atomic mass is 9.85. The molecule has 3 heteroatoms. The van der Waals surface area contributed by atoms with Crippen molar-refractivity contribution in [3.05, 3.63) is 71.4 Å². The summed E-state index contributed by atoms with van der Waals surface area (Å²) in [6.07, 6.45) is 2.64. The Morgan fingerprint density at radius 1 is 1.09 bits per heavy atom. The second-order valence-electron chi connectivity index (χ2n) is 6.23. The van der Waals surface area contributed by atoms with E-state index in [1.807, 2.05) is 30.3 Å². The van der Waals surface area contributed by atoms with Crippen LogP contribution in [-0.4, -0.2) is 15.6 Å². The molecule has 4 rings (SSSR count). The van der Waals surface area contributed by atoms with Gasteiger partial charge in [-0.25, -0.2) is 0 Å². The highest BCUT2D eigenvalue weighted by atomic mass is 16.4. The third-order valence-electron chi connectivity index (χ3n) is 4.86. The summed E-state index contributed by atoms with van der Waals surface area (Å²) in [6, 6.07) is 18.6. The first-order valence-corrected chi connectivity index (χ1v) is 8.12. The summed E-state index contributed by atoms with van der Waals surface area (Å²) >= 11 is 0. The van der Waals surface area contributed by atoms with Crippen molar-refractivity contribution in [2.24, 2.45) is 0 Å². The molecule has 0 saturated carbocycles. The number of nitrogens with zero attached hydrogens (tertiary/aromatic N) is 1. The molecule has 0 bridgehead atoms. The van der Waals surface area contributed by atoms with E-state index in [9.17, 15) is 9.90 Å². The molecule has 1 unspecified atom stereocenters. The Labute approximate surface area is 135 Å². The molecule has 0 aliphatic heterocycles. The molecular weight excluding hydrogens is 286 g/mol. The van der Waals surface area contributed by atoms with E-state index in [2.05, 4.69) is 28.8 Å². The maximum Gasteiger partial charge on any atom is 0.311 e. The molecule has 0 amide bonds. The molecule has 1 aliphatic carbocycles. The van der Waals surface area contributed by atoms with Crippen LogP contribution in [0.4, 0.5) is 0 Å². The van der Waals surface area contributed by atoms with Crippen LogP contribution < -0.4 is 0 Å². The molecule has 3 aromatic rings. The second kappa shape index (κ2) is 5.58. The number of aliphatic carboxylic acids is 1. The minimum absolute atomic E-state index is 0.374. The summed E-state index contributed by atoms with van der Waals surface area (Å²) in [5.74, 6) is -1.07. The van der Waals surface area contributed by atoms with E-state index in [0.717, 1.165) is 42.3 Å². The lowest BCUT2D eigenvalue weighted by Crippen LogP contribution is -2.19. The van der Waals surface area contributed by atoms with Gasteiger partial charge < -0.3 is 9.67 Å². The lowest BCUT2D eigenvalue weighted by Gasteiger charge is -2.21. The number of hydrogen-bond acceptors (Lipinski definition) is 1. The van der Waals surface area contributed by atoms with E-state index in [4.69, 9.17) is 0 Å². The fraction of sp³-hybridized carbons (Fsp3) is 0.250. The van der Waals surface area contributed by atoms with E-state index in [1.165, 1.54) is 11.3 Å². The molecule has 1 N–H and O–H groups in total. The van der Waals surface area contributed by atoms with Gasteiger partial charge in [0, 0.05) is 23.1 Å². The van der Waals surface area contributed by atoms with Gasteiger partial charge in [0.25, 0.3) is 0 Å². The second-order valence-corrected chi connectivity index (χ2v) is 6.23. The van der Waals surface area contributed by atoms with Crippen molar-refractivity contribution < 1.29 is 9.90 Å². The fourth-order valence-electron chi connectivity index (χ4n) is 3.85. The Hall–Kier alpha value is -2.55. The fourth-order valence-corrected chi connectivity index (χ4v) is 3.85. The third-order valence-corrected chi connectivity index (χ3v) is 4.86. The number of aromatic nitrogens is 1. The molecule has 3 nitrogen and oxygen atoms in total. The van der Waals surface area contributed by atoms with Gasteiger partial charge in [-0.15, -0.1) is 0 Å². The van der Waals surface area contributed by atoms with Crippen LogP contribution in [0, 0.1) is 0 Å². The van der Waals surface area contributed by atoms with Gasteiger partial charge in [-0.05, 0) is 36.5 Å². The van der Waals surface area contributed by atoms with Gasteiger partial charge in [0.05, 0.1) is 5.92 Å². The molecule has 1 aromatic heterocycles. The molecule has 0 fully saturated rings. The molecule has 23 heavy (non-hydrogen) atoms. The van der Waals surface area contributed by atoms with Crippen LogP contribution in [0.5, 0.6) is 0 Å². The first-order chi connectivity index (χ1) is 11.3. The zero-order valence-corrected chi connectivity index (χ0v) is 12.9. The van der Waals surface area contributed by atoms with E-state index in [0.29, 0.717) is 0 Å². The van der Waals surface area contributed by atoms with Gasteiger partial charge in [-0.1, -0.05) is 48.5 Å². The molecule has 1 heterocycles. The maximum atomic E-state index is 11.7. The number of carboxylic acid groups (broad SMARTS) is 1. The largest absolute Gasteiger partial charge is 0.481 e. The molecule has 116 valence electrons. The van der Waals surface area contributed by atoms with Gasteiger partial charge in [0.15, 0.2) is 0 Å². The standard InChI is InChI=1S/C20H19NO2/c22-20(23)16-10-6-12-18-19(16)15-9-4-5-11-17(15)21(18)13-14-7-2-1-3-8-14/h1-5,7-9,11,16H,6,10,12-13H2,(H,22,23). The summed E-state index contributed by atoms with van der Waals surface area (Å²) in [4.78, 5) is 11.7. The van der Waals surface area contributed by atoms with E-state index < -0.39 is 5.97 Å². The average molecular weight is 305 g/mol. The minimum Gasteiger partial charge on any atom is -0.481 e. The molecule has 0 saturated heterocycles. The van der Waals surface area contributed by atoms with Crippen molar-refractivity contribution in [3.63, 3.8) is 0 Å². The Bertz CT molecular complexity index is 864. The molecule has 1 aliphatic rings. The highest BCUT2D eigenvalue weighted by molar-refractivity contribution is 5.91. The molecule has 2 aromatic carbocycles. The maximum absolute atomic E-state index is 11.7. The summed E-state index contributed by atoms with van der Waals surface area (Å²) in [6.45, 7) is 0.795. The Kier molecular flexibility index (Phi) is 3.41. The van der Waals surface area contributed by atoms with Crippen LogP contribution in [0.2, 0.25) is 0 Å². The molecule has 1 atom stereocenters. The highest BCUT2D eigenvalue weighted by Gasteiger charge is 2.31. The first kappa shape index (κ1) is 14.1. The summed E-state index contributed by atoms with van der Waals surface area (Å²) in [5.41, 5.74) is 4.63. The summed E-state index contributed by atoms with van der Waals surface area (Å²) in [5, 5.41) is 10.7. The van der Waals surface area contributed by atoms with Crippen LogP contribution in [0.1, 0.15) is 35.6 Å². The Morgan fingerprint density at radius 2 is 1.83 bits per heavy atom. The van der Waals surface area contributed by atoms with Crippen LogP contribution in [0.25, 0.3) is 10.9 Å². The number of carbonyl (C=O) groups is 1. The van der Waals surface area contributed by atoms with Gasteiger partial charge >= 0.3 is 5.97 Å². The number of hydrogen-bond donors (Lipinski definition) is 1. The van der Waals surface area contributed by atoms with Gasteiger partial charge in [-0.2, -0.15) is 0 Å². The van der Waals surface area contributed by atoms with E-state index in [1.54, 1.807) is 0 Å². The molecule has 0 radical (unpaired) electrons. The van der Waals surface area contributed by atoms with Crippen LogP contribution in [0.15, 0.2) is 54.6 Å². The summed E-state index contributed by atoms with van der Waals surface area (Å²) < 4.78 is 2.31. The Balaban J connectivity index is 1.93. The van der Waals surface area contributed by atoms with Crippen molar-refractivity contribution in [1.29, 1.82) is 0 Å². The van der Waals surface area contributed by atoms with Crippen molar-refractivity contribution in [2.45, 2.75) is 31.7 Å². The normalized spacial score (nSPS) is 17.1. The van der Waals surface area contributed by atoms with Gasteiger partial charge in [0.2, 0.25) is 0 Å². The smallest absolute Gasteiger partial charge is 0.311 e. The molecule has 0 spiro atoms. The summed E-state index contributed by atoms with van der Waals surface area (Å²) in [7, 11) is 0. The van der Waals surface area contributed by atoms with Crippen molar-refractivity contribution in [3.8, 4) is 0 Å². The number of benzene rings is 2. The van der Waals surface area contributed by atoms with Crippen LogP contribution in [-0.2, 0) is 17.8 Å². The van der Waals surface area contributed by atoms with Crippen molar-refractivity contribution in [1.82, 2.24) is 4.57 Å². The predicted molar refractivity (Wildman–Crippen MR) is 90.8 cm³/mol. The number of carboxylic acids is 1. The van der Waals surface area contributed by atoms with Crippen molar-refractivity contribution >= 4 is 16.9 Å². The Morgan fingerprint density at radius 3 is 2.61 bits per heavy atom. The van der Waals surface area contributed by atoms with Crippen LogP contribution >= 0.6 is 0 Å². The van der Waals surface area contributed by atoms with E-state index in [-0.39, 0.29) is 5.92 Å². The number of para-hydroxylation sites is 1. The monoisotopic (exact) mass is 305 g/mol. The highest BCUT2D eigenvalue weighted by Crippen LogP contribution is 2.39. The van der Waals surface area contributed by atoms with Gasteiger partial charge in [0.1, 0.15) is 0 Å². The minimum atomic E-state index is -0.700. The predicted octanol–water partition coefficient (Wildman–Crippen LogP) is 4.19. The zero-order valence-electron chi connectivity index (χ0n) is 12.9. The number of fused-ring (bicyclic) bond motifs is 3. The topological polar surface area (TPSA) is 42.2 Å².